The average Bonchev–Trinajstić information content (AvgIpc) is 2.31. The summed E-state index contributed by atoms with van der Waals surface area (Å²) >= 11 is 0. The summed E-state index contributed by atoms with van der Waals surface area (Å²) in [6, 6.07) is 0. The highest BCUT2D eigenvalue weighted by molar-refractivity contribution is 4.72. The van der Waals surface area contributed by atoms with Crippen molar-refractivity contribution in [3.05, 3.63) is 0 Å². The Bertz CT molecular complexity index is 95.3. The summed E-state index contributed by atoms with van der Waals surface area (Å²) in [7, 11) is 2.17. The second-order valence-corrected chi connectivity index (χ2v) is 3.28. The quantitative estimate of drug-likeness (QED) is 0.629. The third kappa shape index (κ3) is 2.27. The van der Waals surface area contributed by atoms with E-state index in [2.05, 4.69) is 11.9 Å². The molecule has 0 aliphatic carbocycles. The summed E-state index contributed by atoms with van der Waals surface area (Å²) in [6.45, 7) is 2.84. The van der Waals surface area contributed by atoms with E-state index in [1.165, 1.54) is 25.9 Å². The molecule has 0 unspecified atom stereocenters. The van der Waals surface area contributed by atoms with E-state index in [4.69, 9.17) is 5.11 Å². The normalized spacial score (nSPS) is 27.6. The third-order valence-corrected chi connectivity index (χ3v) is 2.26. The lowest BCUT2D eigenvalue weighted by atomic mass is 10.0. The second-order valence-electron chi connectivity index (χ2n) is 3.28. The van der Waals surface area contributed by atoms with Gasteiger partial charge >= 0.3 is 0 Å². The van der Waals surface area contributed by atoms with Crippen LogP contribution in [-0.4, -0.2) is 36.8 Å². The fourth-order valence-electron chi connectivity index (χ4n) is 1.64. The van der Waals surface area contributed by atoms with Crippen LogP contribution in [0.4, 0.5) is 0 Å². The molecular formula is C8H17NO. The number of hydrogen-bond donors (Lipinski definition) is 1. The molecule has 0 bridgehead atoms. The summed E-state index contributed by atoms with van der Waals surface area (Å²) in [5.74, 6) is 0.858. The first-order valence-electron chi connectivity index (χ1n) is 4.12. The summed E-state index contributed by atoms with van der Waals surface area (Å²) < 4.78 is 0. The Balaban J connectivity index is 2.06. The number of likely N-dealkylation sites (tertiary alicyclic amines) is 1. The van der Waals surface area contributed by atoms with Gasteiger partial charge in [-0.05, 0) is 38.8 Å². The van der Waals surface area contributed by atoms with Gasteiger partial charge in [-0.1, -0.05) is 0 Å². The first-order chi connectivity index (χ1) is 4.83. The maximum Gasteiger partial charge on any atom is 0.0431 e. The van der Waals surface area contributed by atoms with Crippen LogP contribution < -0.4 is 0 Å². The standard InChI is InChI=1S/C8H17NO/c1-9-5-4-8(7-9)3-2-6-10/h8,10H,2-7H2,1H3/t8-/m0/s1. The average molecular weight is 143 g/mol. The van der Waals surface area contributed by atoms with Gasteiger partial charge in [0.25, 0.3) is 0 Å². The number of rotatable bonds is 3. The summed E-state index contributed by atoms with van der Waals surface area (Å²) in [5, 5.41) is 8.58. The monoisotopic (exact) mass is 143 g/mol. The fraction of sp³-hybridized carbons (Fsp3) is 1.00. The van der Waals surface area contributed by atoms with E-state index >= 15 is 0 Å². The predicted octanol–water partition coefficient (Wildman–Crippen LogP) is 0.711. The largest absolute Gasteiger partial charge is 0.396 e. The zero-order valence-corrected chi connectivity index (χ0v) is 6.71. The van der Waals surface area contributed by atoms with E-state index in [9.17, 15) is 0 Å². The van der Waals surface area contributed by atoms with E-state index in [1.54, 1.807) is 0 Å². The molecule has 0 aromatic rings. The highest BCUT2D eigenvalue weighted by atomic mass is 16.2. The molecule has 0 spiro atoms. The first-order valence-corrected chi connectivity index (χ1v) is 4.12. The third-order valence-electron chi connectivity index (χ3n) is 2.26. The van der Waals surface area contributed by atoms with Gasteiger partial charge in [-0.3, -0.25) is 0 Å². The predicted molar refractivity (Wildman–Crippen MR) is 41.9 cm³/mol. The zero-order valence-electron chi connectivity index (χ0n) is 6.71. The molecule has 0 aromatic carbocycles. The Hall–Kier alpha value is -0.0800. The SMILES string of the molecule is CN1CC[C@H](CCCO)C1. The van der Waals surface area contributed by atoms with Crippen LogP contribution in [0.2, 0.25) is 0 Å². The molecule has 0 aromatic heterocycles. The van der Waals surface area contributed by atoms with E-state index in [-0.39, 0.29) is 0 Å². The molecule has 1 aliphatic heterocycles. The Morgan fingerprint density at radius 3 is 2.90 bits per heavy atom. The molecule has 0 radical (unpaired) electrons. The maximum absolute atomic E-state index is 8.58. The molecular weight excluding hydrogens is 126 g/mol. The van der Waals surface area contributed by atoms with Gasteiger partial charge in [0.2, 0.25) is 0 Å². The smallest absolute Gasteiger partial charge is 0.0431 e. The summed E-state index contributed by atoms with van der Waals surface area (Å²) in [6.07, 6.45) is 3.52. The summed E-state index contributed by atoms with van der Waals surface area (Å²) in [5.41, 5.74) is 0. The van der Waals surface area contributed by atoms with Gasteiger partial charge in [-0.15, -0.1) is 0 Å². The molecule has 1 saturated heterocycles. The van der Waals surface area contributed by atoms with Crippen molar-refractivity contribution < 1.29 is 5.11 Å². The Morgan fingerprint density at radius 2 is 2.40 bits per heavy atom. The first kappa shape index (κ1) is 8.02. The molecule has 60 valence electrons. The van der Waals surface area contributed by atoms with Gasteiger partial charge in [0.05, 0.1) is 0 Å². The van der Waals surface area contributed by atoms with Crippen LogP contribution in [0.15, 0.2) is 0 Å². The topological polar surface area (TPSA) is 23.5 Å². The van der Waals surface area contributed by atoms with Crippen LogP contribution in [-0.2, 0) is 0 Å². The fourth-order valence-corrected chi connectivity index (χ4v) is 1.64. The molecule has 2 heteroatoms. The molecule has 1 fully saturated rings. The molecule has 1 aliphatic rings. The number of nitrogens with zero attached hydrogens (tertiary/aromatic N) is 1. The maximum atomic E-state index is 8.58. The van der Waals surface area contributed by atoms with Crippen LogP contribution in [0, 0.1) is 5.92 Å². The molecule has 1 heterocycles. The van der Waals surface area contributed by atoms with Crippen molar-refractivity contribution in [1.82, 2.24) is 4.90 Å². The highest BCUT2D eigenvalue weighted by Crippen LogP contribution is 2.18. The number of aliphatic hydroxyl groups is 1. The molecule has 1 rings (SSSR count). The minimum Gasteiger partial charge on any atom is -0.396 e. The lowest BCUT2D eigenvalue weighted by Crippen LogP contribution is -2.14. The van der Waals surface area contributed by atoms with Crippen molar-refractivity contribution in [3.63, 3.8) is 0 Å². The summed E-state index contributed by atoms with van der Waals surface area (Å²) in [4.78, 5) is 2.36. The van der Waals surface area contributed by atoms with E-state index in [0.29, 0.717) is 6.61 Å². The lowest BCUT2D eigenvalue weighted by molar-refractivity contribution is 0.270. The zero-order chi connectivity index (χ0) is 7.40. The molecule has 2 nitrogen and oxygen atoms in total. The molecule has 1 atom stereocenters. The highest BCUT2D eigenvalue weighted by Gasteiger charge is 2.17. The van der Waals surface area contributed by atoms with Gasteiger partial charge in [-0.2, -0.15) is 0 Å². The second kappa shape index (κ2) is 3.94. The van der Waals surface area contributed by atoms with E-state index < -0.39 is 0 Å². The Morgan fingerprint density at radius 1 is 1.60 bits per heavy atom. The van der Waals surface area contributed by atoms with Crippen molar-refractivity contribution in [2.24, 2.45) is 5.92 Å². The van der Waals surface area contributed by atoms with Crippen molar-refractivity contribution in [2.45, 2.75) is 19.3 Å². The van der Waals surface area contributed by atoms with Crippen LogP contribution in [0.1, 0.15) is 19.3 Å². The molecule has 0 amide bonds. The van der Waals surface area contributed by atoms with Crippen LogP contribution in [0.25, 0.3) is 0 Å². The van der Waals surface area contributed by atoms with Crippen molar-refractivity contribution in [2.75, 3.05) is 26.7 Å². The van der Waals surface area contributed by atoms with E-state index in [1.807, 2.05) is 0 Å². The van der Waals surface area contributed by atoms with Gasteiger partial charge in [0.15, 0.2) is 0 Å². The Labute approximate surface area is 62.8 Å². The lowest BCUT2D eigenvalue weighted by Gasteiger charge is -2.08. The number of hydrogen-bond acceptors (Lipinski definition) is 2. The van der Waals surface area contributed by atoms with Crippen molar-refractivity contribution in [1.29, 1.82) is 0 Å². The number of aliphatic hydroxyl groups excluding tert-OH is 1. The van der Waals surface area contributed by atoms with E-state index in [0.717, 1.165) is 12.3 Å². The Kier molecular flexibility index (Phi) is 3.16. The van der Waals surface area contributed by atoms with Crippen LogP contribution in [0.5, 0.6) is 0 Å². The van der Waals surface area contributed by atoms with Crippen molar-refractivity contribution >= 4 is 0 Å². The minimum atomic E-state index is 0.361. The van der Waals surface area contributed by atoms with Crippen LogP contribution >= 0.6 is 0 Å². The molecule has 1 N–H and O–H groups in total. The van der Waals surface area contributed by atoms with Crippen molar-refractivity contribution in [3.8, 4) is 0 Å². The molecule has 0 saturated carbocycles. The van der Waals surface area contributed by atoms with Gasteiger partial charge in [-0.25, -0.2) is 0 Å². The molecule has 10 heavy (non-hydrogen) atoms. The minimum absolute atomic E-state index is 0.361. The van der Waals surface area contributed by atoms with Gasteiger partial charge < -0.3 is 10.0 Å². The van der Waals surface area contributed by atoms with Gasteiger partial charge in [0, 0.05) is 13.2 Å². The van der Waals surface area contributed by atoms with Crippen LogP contribution in [0.3, 0.4) is 0 Å². The van der Waals surface area contributed by atoms with Gasteiger partial charge in [0.1, 0.15) is 0 Å².